The number of carbonyl (C=O) groups excluding carboxylic acids is 2. The molecule has 0 spiro atoms. The zero-order valence-electron chi connectivity index (χ0n) is 12.2. The summed E-state index contributed by atoms with van der Waals surface area (Å²) >= 11 is 0. The molecule has 7 heteroatoms. The molecule has 2 rings (SSSR count). The summed E-state index contributed by atoms with van der Waals surface area (Å²) in [5.74, 6) is -0.474. The van der Waals surface area contributed by atoms with Crippen molar-refractivity contribution in [2.24, 2.45) is 0 Å². The Balaban J connectivity index is 2.11. The highest BCUT2D eigenvalue weighted by Gasteiger charge is 2.38. The normalized spacial score (nSPS) is 19.2. The van der Waals surface area contributed by atoms with Crippen molar-refractivity contribution >= 4 is 11.9 Å². The summed E-state index contributed by atoms with van der Waals surface area (Å²) < 4.78 is 10.1. The van der Waals surface area contributed by atoms with Crippen LogP contribution in [-0.2, 0) is 9.53 Å². The molecule has 0 N–H and O–H groups in total. The molecule has 1 atom stereocenters. The lowest BCUT2D eigenvalue weighted by Crippen LogP contribution is -2.43. The molecule has 1 amide bonds. The minimum absolute atomic E-state index is 0.0158. The number of ether oxygens (including phenoxy) is 1. The van der Waals surface area contributed by atoms with Crippen LogP contribution in [0.25, 0.3) is 0 Å². The van der Waals surface area contributed by atoms with Crippen molar-refractivity contribution in [2.45, 2.75) is 52.2 Å². The number of hydrogen-bond donors (Lipinski definition) is 0. The lowest BCUT2D eigenvalue weighted by Gasteiger charge is -2.26. The van der Waals surface area contributed by atoms with E-state index in [1.54, 1.807) is 27.7 Å². The van der Waals surface area contributed by atoms with Gasteiger partial charge in [-0.05, 0) is 33.6 Å². The third kappa shape index (κ3) is 3.15. The fourth-order valence-corrected chi connectivity index (χ4v) is 2.14. The van der Waals surface area contributed by atoms with Gasteiger partial charge >= 0.3 is 5.97 Å². The third-order valence-electron chi connectivity index (χ3n) is 2.91. The van der Waals surface area contributed by atoms with E-state index in [-0.39, 0.29) is 11.8 Å². The first-order chi connectivity index (χ1) is 9.28. The summed E-state index contributed by atoms with van der Waals surface area (Å²) in [6.07, 6.45) is 1.35. The lowest BCUT2D eigenvalue weighted by molar-refractivity contribution is -0.159. The van der Waals surface area contributed by atoms with Crippen LogP contribution in [0.3, 0.4) is 0 Å². The molecule has 0 aromatic carbocycles. The first kappa shape index (κ1) is 14.5. The number of amides is 1. The molecule has 0 unspecified atom stereocenters. The van der Waals surface area contributed by atoms with Gasteiger partial charge in [-0.3, -0.25) is 4.79 Å². The molecule has 0 radical (unpaired) electrons. The molecule has 1 aliphatic heterocycles. The Morgan fingerprint density at radius 2 is 2.10 bits per heavy atom. The number of carbonyl (C=O) groups is 2. The van der Waals surface area contributed by atoms with Gasteiger partial charge in [0.05, 0.1) is 0 Å². The van der Waals surface area contributed by atoms with Crippen molar-refractivity contribution in [2.75, 3.05) is 6.54 Å². The summed E-state index contributed by atoms with van der Waals surface area (Å²) in [5.41, 5.74) is -0.572. The maximum atomic E-state index is 12.3. The molecule has 0 bridgehead atoms. The number of rotatable bonds is 2. The summed E-state index contributed by atoms with van der Waals surface area (Å²) in [4.78, 5) is 29.8. The molecule has 20 heavy (non-hydrogen) atoms. The molecule has 1 fully saturated rings. The van der Waals surface area contributed by atoms with Crippen molar-refractivity contribution < 1.29 is 18.8 Å². The number of aryl methyl sites for hydroxylation is 1. The maximum absolute atomic E-state index is 12.3. The van der Waals surface area contributed by atoms with E-state index in [1.165, 1.54) is 4.90 Å². The van der Waals surface area contributed by atoms with Gasteiger partial charge in [0, 0.05) is 13.5 Å². The minimum atomic E-state index is -0.572. The Morgan fingerprint density at radius 1 is 1.40 bits per heavy atom. The molecule has 0 saturated carbocycles. The Bertz CT molecular complexity index is 518. The van der Waals surface area contributed by atoms with Crippen molar-refractivity contribution in [3.8, 4) is 0 Å². The van der Waals surface area contributed by atoms with Gasteiger partial charge in [-0.2, -0.15) is 4.98 Å². The second-order valence-corrected chi connectivity index (χ2v) is 5.83. The third-order valence-corrected chi connectivity index (χ3v) is 2.91. The second-order valence-electron chi connectivity index (χ2n) is 5.83. The van der Waals surface area contributed by atoms with Crippen LogP contribution in [0, 0.1) is 6.92 Å². The van der Waals surface area contributed by atoms with E-state index in [9.17, 15) is 9.59 Å². The molecule has 1 aromatic rings. The van der Waals surface area contributed by atoms with Crippen LogP contribution in [0.5, 0.6) is 0 Å². The summed E-state index contributed by atoms with van der Waals surface area (Å²) in [5, 5.41) is 3.60. The lowest BCUT2D eigenvalue weighted by atomic mass is 10.1. The predicted molar refractivity (Wildman–Crippen MR) is 68.9 cm³/mol. The van der Waals surface area contributed by atoms with Gasteiger partial charge in [0.1, 0.15) is 11.6 Å². The minimum Gasteiger partial charge on any atom is -0.458 e. The molecule has 1 saturated heterocycles. The Morgan fingerprint density at radius 3 is 2.65 bits per heavy atom. The van der Waals surface area contributed by atoms with Gasteiger partial charge in [-0.1, -0.05) is 5.16 Å². The van der Waals surface area contributed by atoms with Gasteiger partial charge in [-0.15, -0.1) is 0 Å². The quantitative estimate of drug-likeness (QED) is 0.760. The highest BCUT2D eigenvalue weighted by molar-refractivity contribution is 5.94. The van der Waals surface area contributed by atoms with E-state index >= 15 is 0 Å². The van der Waals surface area contributed by atoms with Crippen molar-refractivity contribution in [3.05, 3.63) is 11.7 Å². The largest absolute Gasteiger partial charge is 0.458 e. The Labute approximate surface area is 117 Å². The van der Waals surface area contributed by atoms with E-state index in [4.69, 9.17) is 9.26 Å². The van der Waals surface area contributed by atoms with Gasteiger partial charge in [0.15, 0.2) is 0 Å². The van der Waals surface area contributed by atoms with E-state index in [2.05, 4.69) is 10.1 Å². The number of likely N-dealkylation sites (tertiary alicyclic amines) is 1. The average molecular weight is 281 g/mol. The van der Waals surface area contributed by atoms with Crippen LogP contribution < -0.4 is 0 Å². The molecule has 110 valence electrons. The highest BCUT2D eigenvalue weighted by Crippen LogP contribution is 2.22. The zero-order valence-corrected chi connectivity index (χ0v) is 12.2. The van der Waals surface area contributed by atoms with Crippen LogP contribution >= 0.6 is 0 Å². The summed E-state index contributed by atoms with van der Waals surface area (Å²) in [7, 11) is 0. The van der Waals surface area contributed by atoms with Gasteiger partial charge in [0.25, 0.3) is 11.7 Å². The van der Waals surface area contributed by atoms with E-state index in [0.717, 1.165) is 6.42 Å². The molecular weight excluding hydrogens is 262 g/mol. The smallest absolute Gasteiger partial charge is 0.329 e. The Hall–Kier alpha value is -1.92. The first-order valence-corrected chi connectivity index (χ1v) is 6.62. The molecular formula is C13H19N3O4. The monoisotopic (exact) mass is 281 g/mol. The van der Waals surface area contributed by atoms with E-state index in [0.29, 0.717) is 18.9 Å². The molecule has 0 aliphatic carbocycles. The van der Waals surface area contributed by atoms with Gasteiger partial charge in [-0.25, -0.2) is 4.79 Å². The summed E-state index contributed by atoms with van der Waals surface area (Å²) in [6, 6.07) is -0.569. The van der Waals surface area contributed by atoms with Gasteiger partial charge in [0.2, 0.25) is 5.89 Å². The van der Waals surface area contributed by atoms with Crippen LogP contribution in [0.1, 0.15) is 50.1 Å². The molecule has 7 nitrogen and oxygen atoms in total. The summed E-state index contributed by atoms with van der Waals surface area (Å²) in [6.45, 7) is 7.51. The van der Waals surface area contributed by atoms with Crippen molar-refractivity contribution in [1.29, 1.82) is 0 Å². The fraction of sp³-hybridized carbons (Fsp3) is 0.692. The van der Waals surface area contributed by atoms with Crippen LogP contribution in [0.2, 0.25) is 0 Å². The van der Waals surface area contributed by atoms with E-state index in [1.807, 2.05) is 0 Å². The molecule has 1 aromatic heterocycles. The van der Waals surface area contributed by atoms with Gasteiger partial charge < -0.3 is 14.2 Å². The number of aromatic nitrogens is 2. The van der Waals surface area contributed by atoms with Crippen LogP contribution in [0.4, 0.5) is 0 Å². The van der Waals surface area contributed by atoms with Crippen molar-refractivity contribution in [1.82, 2.24) is 15.0 Å². The standard InChI is InChI=1S/C13H19N3O4/c1-8-14-10(15-20-8)11(17)16-7-5-6-9(16)12(18)19-13(2,3)4/h9H,5-7H2,1-4H3/t9-/m1/s1. The number of hydrogen-bond acceptors (Lipinski definition) is 6. The molecule has 2 heterocycles. The average Bonchev–Trinajstić information content (AvgIpc) is 2.93. The topological polar surface area (TPSA) is 85.5 Å². The fourth-order valence-electron chi connectivity index (χ4n) is 2.14. The van der Waals surface area contributed by atoms with Crippen molar-refractivity contribution in [3.63, 3.8) is 0 Å². The predicted octanol–water partition coefficient (Wildman–Crippen LogP) is 1.32. The number of nitrogens with zero attached hydrogens (tertiary/aromatic N) is 3. The highest BCUT2D eigenvalue weighted by atomic mass is 16.6. The van der Waals surface area contributed by atoms with Crippen LogP contribution in [0.15, 0.2) is 4.52 Å². The molecule has 1 aliphatic rings. The Kier molecular flexibility index (Phi) is 3.78. The maximum Gasteiger partial charge on any atom is 0.329 e. The van der Waals surface area contributed by atoms with Crippen LogP contribution in [-0.4, -0.2) is 45.1 Å². The zero-order chi connectivity index (χ0) is 14.9. The first-order valence-electron chi connectivity index (χ1n) is 6.62. The second kappa shape index (κ2) is 5.22. The SMILES string of the molecule is Cc1nc(C(=O)N2CCC[C@@H]2C(=O)OC(C)(C)C)no1. The van der Waals surface area contributed by atoms with E-state index < -0.39 is 17.6 Å². The number of esters is 1.